The van der Waals surface area contributed by atoms with E-state index in [2.05, 4.69) is 72.8 Å². The maximum absolute atomic E-state index is 3.45. The lowest BCUT2D eigenvalue weighted by molar-refractivity contribution is 1.01. The molecule has 2 aliphatic rings. The van der Waals surface area contributed by atoms with Crippen LogP contribution >= 0.6 is 0 Å². The molecule has 0 spiro atoms. The third-order valence-electron chi connectivity index (χ3n) is 4.90. The fraction of sp³-hybridized carbons (Fsp3) is 0.0909. The quantitative estimate of drug-likeness (QED) is 0.448. The van der Waals surface area contributed by atoms with Gasteiger partial charge in [-0.05, 0) is 51.4 Å². The highest BCUT2D eigenvalue weighted by Crippen LogP contribution is 2.49. The number of hydrogen-bond donors (Lipinski definition) is 0. The van der Waals surface area contributed by atoms with Gasteiger partial charge in [0.25, 0.3) is 0 Å². The summed E-state index contributed by atoms with van der Waals surface area (Å²) in [5, 5.41) is 0. The molecule has 0 saturated carbocycles. The van der Waals surface area contributed by atoms with Crippen LogP contribution < -0.4 is 0 Å². The highest BCUT2D eigenvalue weighted by molar-refractivity contribution is 5.81. The summed E-state index contributed by atoms with van der Waals surface area (Å²) < 4.78 is 0. The first-order chi connectivity index (χ1) is 10.9. The molecule has 0 N–H and O–H groups in total. The highest BCUT2D eigenvalue weighted by atomic mass is 14.3. The van der Waals surface area contributed by atoms with Crippen molar-refractivity contribution < 1.29 is 0 Å². The molecule has 1 unspecified atom stereocenters. The molecule has 0 saturated heterocycles. The van der Waals surface area contributed by atoms with E-state index in [4.69, 9.17) is 0 Å². The molecule has 103 valence electrons. The standard InChI is InChI=1S/C22H15/c1-3-11-20-17(9-1)18-10-2-4-12-21(18)22(20)19-14-6-8-15-7-5-13-16(15)19/h1-6,8-9,11-14,22H,7H2. The lowest BCUT2D eigenvalue weighted by Crippen LogP contribution is -2.02. The molecule has 0 fully saturated rings. The Morgan fingerprint density at radius 2 is 1.68 bits per heavy atom. The maximum Gasteiger partial charge on any atom is 0.0358 e. The van der Waals surface area contributed by atoms with Crippen molar-refractivity contribution in [3.63, 3.8) is 0 Å². The summed E-state index contributed by atoms with van der Waals surface area (Å²) in [6.45, 7) is 0. The van der Waals surface area contributed by atoms with Gasteiger partial charge >= 0.3 is 0 Å². The van der Waals surface area contributed by atoms with Gasteiger partial charge in [-0.25, -0.2) is 0 Å². The molecular formula is C22H15. The average molecular weight is 279 g/mol. The normalized spacial score (nSPS) is 14.7. The van der Waals surface area contributed by atoms with Crippen molar-refractivity contribution in [2.24, 2.45) is 0 Å². The van der Waals surface area contributed by atoms with Gasteiger partial charge in [-0.1, -0.05) is 72.8 Å². The van der Waals surface area contributed by atoms with Gasteiger partial charge in [-0.3, -0.25) is 0 Å². The zero-order valence-corrected chi connectivity index (χ0v) is 12.2. The fourth-order valence-electron chi connectivity index (χ4n) is 3.97. The van der Waals surface area contributed by atoms with E-state index >= 15 is 0 Å². The van der Waals surface area contributed by atoms with Gasteiger partial charge in [0, 0.05) is 5.92 Å². The Morgan fingerprint density at radius 1 is 0.818 bits per heavy atom. The SMILES string of the molecule is [c]1cccc2c1-c1ccccc1C2c1cccc2c1C=CC2. The minimum Gasteiger partial charge on any atom is -0.0795 e. The number of fused-ring (bicyclic) bond motifs is 4. The second kappa shape index (κ2) is 4.45. The number of benzene rings is 3. The molecule has 0 aliphatic heterocycles. The summed E-state index contributed by atoms with van der Waals surface area (Å²) in [5.41, 5.74) is 9.69. The van der Waals surface area contributed by atoms with Crippen molar-refractivity contribution in [2.45, 2.75) is 12.3 Å². The van der Waals surface area contributed by atoms with Crippen LogP contribution in [0.3, 0.4) is 0 Å². The molecule has 0 nitrogen and oxygen atoms in total. The topological polar surface area (TPSA) is 0 Å². The third-order valence-corrected chi connectivity index (χ3v) is 4.90. The van der Waals surface area contributed by atoms with Gasteiger partial charge in [0.15, 0.2) is 0 Å². The molecule has 5 rings (SSSR count). The number of rotatable bonds is 1. The van der Waals surface area contributed by atoms with Crippen molar-refractivity contribution in [2.75, 3.05) is 0 Å². The van der Waals surface area contributed by atoms with E-state index < -0.39 is 0 Å². The van der Waals surface area contributed by atoms with Crippen LogP contribution in [0.15, 0.2) is 66.7 Å². The Labute approximate surface area is 130 Å². The molecule has 0 bridgehead atoms. The summed E-state index contributed by atoms with van der Waals surface area (Å²) in [5.74, 6) is 0.335. The van der Waals surface area contributed by atoms with Gasteiger partial charge in [0.05, 0.1) is 0 Å². The summed E-state index contributed by atoms with van der Waals surface area (Å²) in [6, 6.07) is 25.4. The van der Waals surface area contributed by atoms with Crippen LogP contribution in [0.2, 0.25) is 0 Å². The van der Waals surface area contributed by atoms with Crippen molar-refractivity contribution in [3.8, 4) is 11.1 Å². The van der Waals surface area contributed by atoms with Crippen LogP contribution in [0.5, 0.6) is 0 Å². The van der Waals surface area contributed by atoms with Crippen molar-refractivity contribution in [1.29, 1.82) is 0 Å². The maximum atomic E-state index is 3.45. The Balaban J connectivity index is 1.83. The van der Waals surface area contributed by atoms with Crippen molar-refractivity contribution in [1.82, 2.24) is 0 Å². The zero-order valence-electron chi connectivity index (χ0n) is 12.2. The minimum atomic E-state index is 0.335. The summed E-state index contributed by atoms with van der Waals surface area (Å²) in [6.07, 6.45) is 5.62. The zero-order chi connectivity index (χ0) is 14.5. The molecule has 0 amide bonds. The van der Waals surface area contributed by atoms with Gasteiger partial charge in [0.1, 0.15) is 0 Å². The van der Waals surface area contributed by atoms with E-state index in [9.17, 15) is 0 Å². The Morgan fingerprint density at radius 3 is 2.68 bits per heavy atom. The van der Waals surface area contributed by atoms with Gasteiger partial charge in [0.2, 0.25) is 0 Å². The van der Waals surface area contributed by atoms with Crippen LogP contribution in [0.25, 0.3) is 17.2 Å². The molecule has 1 radical (unpaired) electrons. The third kappa shape index (κ3) is 1.52. The van der Waals surface area contributed by atoms with E-state index in [0.29, 0.717) is 5.92 Å². The van der Waals surface area contributed by atoms with Gasteiger partial charge in [-0.2, -0.15) is 0 Å². The lowest BCUT2D eigenvalue weighted by atomic mass is 9.85. The molecule has 0 aromatic heterocycles. The lowest BCUT2D eigenvalue weighted by Gasteiger charge is -2.17. The Hall–Kier alpha value is -2.60. The second-order valence-corrected chi connectivity index (χ2v) is 6.05. The van der Waals surface area contributed by atoms with Gasteiger partial charge in [-0.15, -0.1) is 0 Å². The molecule has 22 heavy (non-hydrogen) atoms. The summed E-state index contributed by atoms with van der Waals surface area (Å²) >= 11 is 0. The smallest absolute Gasteiger partial charge is 0.0358 e. The first kappa shape index (κ1) is 12.0. The molecule has 1 atom stereocenters. The van der Waals surface area contributed by atoms with Crippen LogP contribution in [-0.4, -0.2) is 0 Å². The van der Waals surface area contributed by atoms with E-state index in [-0.39, 0.29) is 0 Å². The van der Waals surface area contributed by atoms with E-state index in [1.54, 1.807) is 0 Å². The summed E-state index contributed by atoms with van der Waals surface area (Å²) in [7, 11) is 0. The molecule has 2 aliphatic carbocycles. The largest absolute Gasteiger partial charge is 0.0795 e. The molecular weight excluding hydrogens is 264 g/mol. The fourth-order valence-corrected chi connectivity index (χ4v) is 3.97. The van der Waals surface area contributed by atoms with E-state index in [1.807, 2.05) is 6.07 Å². The van der Waals surface area contributed by atoms with Crippen molar-refractivity contribution >= 4 is 6.08 Å². The van der Waals surface area contributed by atoms with Crippen LogP contribution in [0.4, 0.5) is 0 Å². The predicted molar refractivity (Wildman–Crippen MR) is 90.8 cm³/mol. The predicted octanol–water partition coefficient (Wildman–Crippen LogP) is 5.22. The molecule has 3 aromatic carbocycles. The minimum absolute atomic E-state index is 0.335. The first-order valence-corrected chi connectivity index (χ1v) is 7.82. The van der Waals surface area contributed by atoms with E-state index in [1.165, 1.54) is 38.9 Å². The van der Waals surface area contributed by atoms with Crippen LogP contribution in [0, 0.1) is 6.07 Å². The molecule has 0 heterocycles. The van der Waals surface area contributed by atoms with Crippen LogP contribution in [0.1, 0.15) is 33.7 Å². The highest BCUT2D eigenvalue weighted by Gasteiger charge is 2.31. The van der Waals surface area contributed by atoms with E-state index in [0.717, 1.165) is 6.42 Å². The summed E-state index contributed by atoms with van der Waals surface area (Å²) in [4.78, 5) is 0. The second-order valence-electron chi connectivity index (χ2n) is 6.05. The van der Waals surface area contributed by atoms with Crippen LogP contribution in [-0.2, 0) is 6.42 Å². The molecule has 3 aromatic rings. The monoisotopic (exact) mass is 279 g/mol. The van der Waals surface area contributed by atoms with Gasteiger partial charge < -0.3 is 0 Å². The number of hydrogen-bond acceptors (Lipinski definition) is 0. The van der Waals surface area contributed by atoms with Crippen molar-refractivity contribution in [3.05, 3.63) is 101 Å². The molecule has 0 heteroatoms. The average Bonchev–Trinajstić information content (AvgIpc) is 3.17. The Kier molecular flexibility index (Phi) is 2.42. The Bertz CT molecular complexity index is 869. The number of allylic oxidation sites excluding steroid dienone is 1. The first-order valence-electron chi connectivity index (χ1n) is 7.82.